The van der Waals surface area contributed by atoms with E-state index in [0.29, 0.717) is 6.42 Å². The Morgan fingerprint density at radius 2 is 2.06 bits per heavy atom. The summed E-state index contributed by atoms with van der Waals surface area (Å²) in [6.45, 7) is 0. The number of aliphatic hydroxyl groups is 1. The molecule has 0 amide bonds. The molecule has 0 aromatic heterocycles. The highest BCUT2D eigenvalue weighted by Gasteiger charge is 2.62. The first-order chi connectivity index (χ1) is 7.38. The molecule has 1 fully saturated rings. The first-order valence-electron chi connectivity index (χ1n) is 5.36. The Morgan fingerprint density at radius 3 is 2.69 bits per heavy atom. The minimum atomic E-state index is -4.47. The molecule has 2 atom stereocenters. The van der Waals surface area contributed by atoms with Crippen LogP contribution in [0.15, 0.2) is 11.6 Å². The molecule has 0 unspecified atom stereocenters. The minimum Gasteiger partial charge on any atom is -0.392 e. The molecule has 0 bridgehead atoms. The Bertz CT molecular complexity index is 346. The number of carbonyl (C=O) groups excluding carboxylic acids is 1. The van der Waals surface area contributed by atoms with Gasteiger partial charge in [-0.15, -0.1) is 0 Å². The van der Waals surface area contributed by atoms with E-state index in [9.17, 15) is 23.1 Å². The highest BCUT2D eigenvalue weighted by molar-refractivity contribution is 5.91. The molecule has 0 heterocycles. The van der Waals surface area contributed by atoms with Gasteiger partial charge in [-0.3, -0.25) is 4.79 Å². The number of ketones is 1. The van der Waals surface area contributed by atoms with Gasteiger partial charge >= 0.3 is 6.18 Å². The molecule has 1 N–H and O–H groups in total. The van der Waals surface area contributed by atoms with Crippen LogP contribution in [0.4, 0.5) is 13.2 Å². The number of fused-ring (bicyclic) bond motifs is 1. The molecule has 90 valence electrons. The molecule has 2 nitrogen and oxygen atoms in total. The SMILES string of the molecule is O=C1C=C2CCC[C@H](O)[C@@]2(C(F)(F)F)CC1. The van der Waals surface area contributed by atoms with Crippen molar-refractivity contribution in [2.75, 3.05) is 0 Å². The van der Waals surface area contributed by atoms with Crippen molar-refractivity contribution in [3.8, 4) is 0 Å². The standard InChI is InChI=1S/C11H13F3O2/c12-11(13,14)10-5-4-8(15)6-7(10)2-1-3-9(10)16/h6,9,16H,1-5H2/t9-,10+/m0/s1. The van der Waals surface area contributed by atoms with E-state index in [1.807, 2.05) is 0 Å². The lowest BCUT2D eigenvalue weighted by Crippen LogP contribution is -2.52. The van der Waals surface area contributed by atoms with Crippen molar-refractivity contribution < 1.29 is 23.1 Å². The van der Waals surface area contributed by atoms with Crippen LogP contribution < -0.4 is 0 Å². The second-order valence-corrected chi connectivity index (χ2v) is 4.51. The first kappa shape index (κ1) is 11.6. The smallest absolute Gasteiger partial charge is 0.392 e. The van der Waals surface area contributed by atoms with Crippen LogP contribution >= 0.6 is 0 Å². The fourth-order valence-corrected chi connectivity index (χ4v) is 2.80. The van der Waals surface area contributed by atoms with Crippen molar-refractivity contribution in [3.05, 3.63) is 11.6 Å². The highest BCUT2D eigenvalue weighted by Crippen LogP contribution is 2.56. The van der Waals surface area contributed by atoms with E-state index in [-0.39, 0.29) is 37.0 Å². The fraction of sp³-hybridized carbons (Fsp3) is 0.727. The maximum absolute atomic E-state index is 13.1. The van der Waals surface area contributed by atoms with Crippen LogP contribution in [0.25, 0.3) is 0 Å². The van der Waals surface area contributed by atoms with Gasteiger partial charge in [0.05, 0.1) is 6.10 Å². The monoisotopic (exact) mass is 234 g/mol. The van der Waals surface area contributed by atoms with Crippen molar-refractivity contribution in [1.82, 2.24) is 0 Å². The molecule has 0 saturated heterocycles. The molecule has 1 saturated carbocycles. The summed E-state index contributed by atoms with van der Waals surface area (Å²) in [6.07, 6.45) is -4.27. The van der Waals surface area contributed by atoms with E-state index in [4.69, 9.17) is 0 Å². The van der Waals surface area contributed by atoms with E-state index < -0.39 is 17.7 Å². The largest absolute Gasteiger partial charge is 0.400 e. The zero-order valence-electron chi connectivity index (χ0n) is 8.68. The lowest BCUT2D eigenvalue weighted by Gasteiger charge is -2.46. The van der Waals surface area contributed by atoms with Crippen LogP contribution in [0.5, 0.6) is 0 Å². The average Bonchev–Trinajstić information content (AvgIpc) is 2.15. The van der Waals surface area contributed by atoms with Crippen LogP contribution in [-0.4, -0.2) is 23.2 Å². The molecule has 5 heteroatoms. The molecule has 16 heavy (non-hydrogen) atoms. The van der Waals surface area contributed by atoms with E-state index in [1.54, 1.807) is 0 Å². The lowest BCUT2D eigenvalue weighted by molar-refractivity contribution is -0.248. The number of halogens is 3. The van der Waals surface area contributed by atoms with Crippen molar-refractivity contribution >= 4 is 5.78 Å². The van der Waals surface area contributed by atoms with Gasteiger partial charge in [0.15, 0.2) is 5.78 Å². The van der Waals surface area contributed by atoms with Gasteiger partial charge < -0.3 is 5.11 Å². The van der Waals surface area contributed by atoms with Gasteiger partial charge in [0, 0.05) is 6.42 Å². The summed E-state index contributed by atoms with van der Waals surface area (Å²) in [7, 11) is 0. The van der Waals surface area contributed by atoms with E-state index >= 15 is 0 Å². The maximum atomic E-state index is 13.1. The van der Waals surface area contributed by atoms with Gasteiger partial charge in [-0.25, -0.2) is 0 Å². The summed E-state index contributed by atoms with van der Waals surface area (Å²) in [4.78, 5) is 11.2. The van der Waals surface area contributed by atoms with Gasteiger partial charge in [-0.05, 0) is 37.3 Å². The molecule has 0 aromatic rings. The van der Waals surface area contributed by atoms with E-state index in [0.717, 1.165) is 6.08 Å². The number of aliphatic hydroxyl groups excluding tert-OH is 1. The molecule has 0 aliphatic heterocycles. The molecule has 2 aliphatic carbocycles. The summed E-state index contributed by atoms with van der Waals surface area (Å²) in [5.74, 6) is -0.260. The van der Waals surface area contributed by atoms with Crippen molar-refractivity contribution in [2.24, 2.45) is 5.41 Å². The molecular weight excluding hydrogens is 221 g/mol. The second kappa shape index (κ2) is 3.58. The molecule has 2 aliphatic rings. The summed E-state index contributed by atoms with van der Waals surface area (Å²) >= 11 is 0. The Balaban J connectivity index is 2.50. The van der Waals surface area contributed by atoms with E-state index in [1.165, 1.54) is 0 Å². The highest BCUT2D eigenvalue weighted by atomic mass is 19.4. The Morgan fingerprint density at radius 1 is 1.38 bits per heavy atom. The zero-order chi connectivity index (χ0) is 12.0. The van der Waals surface area contributed by atoms with Crippen LogP contribution in [0, 0.1) is 5.41 Å². The number of alkyl halides is 3. The average molecular weight is 234 g/mol. The van der Waals surface area contributed by atoms with Gasteiger partial charge in [-0.1, -0.05) is 0 Å². The van der Waals surface area contributed by atoms with Crippen LogP contribution in [-0.2, 0) is 4.79 Å². The Kier molecular flexibility index (Phi) is 2.61. The minimum absolute atomic E-state index is 0.0787. The molecular formula is C11H13F3O2. The number of hydrogen-bond acceptors (Lipinski definition) is 2. The maximum Gasteiger partial charge on any atom is 0.400 e. The third-order valence-corrected chi connectivity index (χ3v) is 3.67. The van der Waals surface area contributed by atoms with E-state index in [2.05, 4.69) is 0 Å². The van der Waals surface area contributed by atoms with Crippen LogP contribution in [0.1, 0.15) is 32.1 Å². The van der Waals surface area contributed by atoms with Gasteiger partial charge in [0.2, 0.25) is 0 Å². The number of allylic oxidation sites excluding steroid dienone is 1. The van der Waals surface area contributed by atoms with Gasteiger partial charge in [0.25, 0.3) is 0 Å². The number of rotatable bonds is 0. The zero-order valence-corrected chi connectivity index (χ0v) is 8.68. The fourth-order valence-electron chi connectivity index (χ4n) is 2.80. The van der Waals surface area contributed by atoms with Crippen LogP contribution in [0.3, 0.4) is 0 Å². The van der Waals surface area contributed by atoms with Crippen molar-refractivity contribution in [2.45, 2.75) is 44.4 Å². The molecule has 0 aromatic carbocycles. The molecule has 0 spiro atoms. The lowest BCUT2D eigenvalue weighted by atomic mass is 9.62. The van der Waals surface area contributed by atoms with Crippen molar-refractivity contribution in [1.29, 1.82) is 0 Å². The summed E-state index contributed by atoms with van der Waals surface area (Å²) in [5, 5.41) is 9.70. The molecule has 2 rings (SSSR count). The third kappa shape index (κ3) is 1.49. The van der Waals surface area contributed by atoms with Gasteiger partial charge in [-0.2, -0.15) is 13.2 Å². The normalized spacial score (nSPS) is 35.6. The summed E-state index contributed by atoms with van der Waals surface area (Å²) in [5.41, 5.74) is -2.07. The summed E-state index contributed by atoms with van der Waals surface area (Å²) < 4.78 is 39.4. The predicted molar refractivity (Wildman–Crippen MR) is 50.7 cm³/mol. The topological polar surface area (TPSA) is 37.3 Å². The Hall–Kier alpha value is -0.840. The predicted octanol–water partition coefficient (Wildman–Crippen LogP) is 2.37. The second-order valence-electron chi connectivity index (χ2n) is 4.51. The van der Waals surface area contributed by atoms with Crippen LogP contribution in [0.2, 0.25) is 0 Å². The quantitative estimate of drug-likeness (QED) is 0.698. The van der Waals surface area contributed by atoms with Gasteiger partial charge in [0.1, 0.15) is 5.41 Å². The third-order valence-electron chi connectivity index (χ3n) is 3.67. The number of carbonyl (C=O) groups is 1. The van der Waals surface area contributed by atoms with Crippen molar-refractivity contribution in [3.63, 3.8) is 0 Å². The molecule has 0 radical (unpaired) electrons. The first-order valence-corrected chi connectivity index (χ1v) is 5.36. The Labute approximate surface area is 91.1 Å². The number of hydrogen-bond donors (Lipinski definition) is 1. The summed E-state index contributed by atoms with van der Waals surface area (Å²) in [6, 6.07) is 0.